The predicted octanol–water partition coefficient (Wildman–Crippen LogP) is 2.14. The first-order valence-corrected chi connectivity index (χ1v) is 4.64. The fourth-order valence-corrected chi connectivity index (χ4v) is 1.61. The van der Waals surface area contributed by atoms with Crippen LogP contribution in [-0.2, 0) is 6.42 Å². The van der Waals surface area contributed by atoms with E-state index in [0.29, 0.717) is 10.0 Å². The van der Waals surface area contributed by atoms with Crippen molar-refractivity contribution in [3.8, 4) is 5.75 Å². The SMILES string of the molecule is Cc1c(Br)cc(F)c(O)c1CCO. The van der Waals surface area contributed by atoms with Gasteiger partial charge in [-0.3, -0.25) is 0 Å². The van der Waals surface area contributed by atoms with Crippen LogP contribution in [-0.4, -0.2) is 16.8 Å². The number of phenols is 1. The van der Waals surface area contributed by atoms with E-state index in [1.807, 2.05) is 0 Å². The first kappa shape index (κ1) is 10.5. The fourth-order valence-electron chi connectivity index (χ4n) is 1.17. The van der Waals surface area contributed by atoms with Crippen molar-refractivity contribution in [3.63, 3.8) is 0 Å². The molecule has 1 aromatic rings. The van der Waals surface area contributed by atoms with Gasteiger partial charge < -0.3 is 10.2 Å². The van der Waals surface area contributed by atoms with Crippen molar-refractivity contribution < 1.29 is 14.6 Å². The van der Waals surface area contributed by atoms with Gasteiger partial charge in [0.2, 0.25) is 0 Å². The van der Waals surface area contributed by atoms with Crippen LogP contribution in [0.4, 0.5) is 4.39 Å². The van der Waals surface area contributed by atoms with Crippen molar-refractivity contribution in [2.45, 2.75) is 13.3 Å². The largest absolute Gasteiger partial charge is 0.505 e. The first-order valence-electron chi connectivity index (χ1n) is 3.85. The average molecular weight is 249 g/mol. The standard InChI is InChI=1S/C9H10BrFO2/c1-5-6(2-3-12)9(13)8(11)4-7(5)10/h4,12-13H,2-3H2,1H3. The van der Waals surface area contributed by atoms with E-state index in [4.69, 9.17) is 5.11 Å². The highest BCUT2D eigenvalue weighted by atomic mass is 79.9. The normalized spacial score (nSPS) is 10.5. The maximum Gasteiger partial charge on any atom is 0.166 e. The van der Waals surface area contributed by atoms with Gasteiger partial charge >= 0.3 is 0 Å². The van der Waals surface area contributed by atoms with Crippen LogP contribution in [0.25, 0.3) is 0 Å². The third-order valence-corrected chi connectivity index (χ3v) is 2.76. The zero-order valence-corrected chi connectivity index (χ0v) is 8.73. The number of benzene rings is 1. The summed E-state index contributed by atoms with van der Waals surface area (Å²) in [4.78, 5) is 0. The molecule has 2 N–H and O–H groups in total. The van der Waals surface area contributed by atoms with Crippen LogP contribution in [0.2, 0.25) is 0 Å². The molecule has 0 aliphatic heterocycles. The lowest BCUT2D eigenvalue weighted by molar-refractivity contribution is 0.296. The molecule has 1 aromatic carbocycles. The van der Waals surface area contributed by atoms with Crippen molar-refractivity contribution in [3.05, 3.63) is 27.5 Å². The van der Waals surface area contributed by atoms with Crippen LogP contribution >= 0.6 is 15.9 Å². The van der Waals surface area contributed by atoms with Crippen molar-refractivity contribution in [1.82, 2.24) is 0 Å². The van der Waals surface area contributed by atoms with E-state index >= 15 is 0 Å². The number of aliphatic hydroxyl groups excluding tert-OH is 1. The summed E-state index contributed by atoms with van der Waals surface area (Å²) >= 11 is 3.17. The summed E-state index contributed by atoms with van der Waals surface area (Å²) in [5, 5.41) is 18.0. The van der Waals surface area contributed by atoms with Gasteiger partial charge in [0, 0.05) is 16.6 Å². The van der Waals surface area contributed by atoms with Crippen molar-refractivity contribution >= 4 is 15.9 Å². The molecular formula is C9H10BrFO2. The summed E-state index contributed by atoms with van der Waals surface area (Å²) in [5.74, 6) is -1.03. The molecule has 0 bridgehead atoms. The molecule has 0 atom stereocenters. The van der Waals surface area contributed by atoms with Gasteiger partial charge in [-0.15, -0.1) is 0 Å². The average Bonchev–Trinajstić information content (AvgIpc) is 2.09. The van der Waals surface area contributed by atoms with Crippen LogP contribution < -0.4 is 0 Å². The fraction of sp³-hybridized carbons (Fsp3) is 0.333. The molecule has 4 heteroatoms. The summed E-state index contributed by atoms with van der Waals surface area (Å²) in [6.07, 6.45) is 0.258. The minimum Gasteiger partial charge on any atom is -0.505 e. The Morgan fingerprint density at radius 1 is 1.54 bits per heavy atom. The van der Waals surface area contributed by atoms with Crippen molar-refractivity contribution in [2.24, 2.45) is 0 Å². The lowest BCUT2D eigenvalue weighted by Crippen LogP contribution is -1.97. The van der Waals surface area contributed by atoms with Gasteiger partial charge in [0.15, 0.2) is 11.6 Å². The Balaban J connectivity index is 3.28. The lowest BCUT2D eigenvalue weighted by Gasteiger charge is -2.09. The molecule has 0 fully saturated rings. The molecule has 2 nitrogen and oxygen atoms in total. The molecule has 0 aromatic heterocycles. The first-order chi connectivity index (χ1) is 6.07. The Kier molecular flexibility index (Phi) is 3.27. The van der Waals surface area contributed by atoms with Gasteiger partial charge in [-0.25, -0.2) is 4.39 Å². The minimum atomic E-state index is -0.666. The maximum absolute atomic E-state index is 13.0. The lowest BCUT2D eigenvalue weighted by atomic mass is 10.0. The van der Waals surface area contributed by atoms with Crippen LogP contribution in [0, 0.1) is 12.7 Å². The molecule has 0 heterocycles. The van der Waals surface area contributed by atoms with Crippen LogP contribution in [0.5, 0.6) is 5.75 Å². The maximum atomic E-state index is 13.0. The van der Waals surface area contributed by atoms with Gasteiger partial charge in [-0.2, -0.15) is 0 Å². The van der Waals surface area contributed by atoms with Crippen LogP contribution in [0.1, 0.15) is 11.1 Å². The molecule has 0 aliphatic rings. The molecule has 0 saturated heterocycles. The van der Waals surface area contributed by atoms with Gasteiger partial charge in [0.05, 0.1) is 0 Å². The predicted molar refractivity (Wildman–Crippen MR) is 51.3 cm³/mol. The molecule has 0 amide bonds. The highest BCUT2D eigenvalue weighted by Crippen LogP contribution is 2.30. The molecule has 0 unspecified atom stereocenters. The second-order valence-corrected chi connectivity index (χ2v) is 3.62. The Morgan fingerprint density at radius 2 is 2.15 bits per heavy atom. The van der Waals surface area contributed by atoms with Gasteiger partial charge in [0.1, 0.15) is 0 Å². The van der Waals surface area contributed by atoms with E-state index in [1.54, 1.807) is 6.92 Å². The summed E-state index contributed by atoms with van der Waals surface area (Å²) in [7, 11) is 0. The van der Waals surface area contributed by atoms with Gasteiger partial charge in [0.25, 0.3) is 0 Å². The van der Waals surface area contributed by atoms with E-state index in [-0.39, 0.29) is 18.8 Å². The minimum absolute atomic E-state index is 0.107. The Labute approximate surface area is 84.1 Å². The van der Waals surface area contributed by atoms with Crippen molar-refractivity contribution in [1.29, 1.82) is 0 Å². The third-order valence-electron chi connectivity index (χ3n) is 1.94. The molecular weight excluding hydrogens is 239 g/mol. The Bertz CT molecular complexity index is 300. The molecule has 0 spiro atoms. The quantitative estimate of drug-likeness (QED) is 0.842. The van der Waals surface area contributed by atoms with E-state index in [2.05, 4.69) is 15.9 Å². The molecule has 1 rings (SSSR count). The van der Waals surface area contributed by atoms with Crippen LogP contribution in [0.15, 0.2) is 10.5 Å². The zero-order chi connectivity index (χ0) is 10.0. The van der Waals surface area contributed by atoms with E-state index < -0.39 is 5.82 Å². The topological polar surface area (TPSA) is 40.5 Å². The van der Waals surface area contributed by atoms with Crippen molar-refractivity contribution in [2.75, 3.05) is 6.61 Å². The monoisotopic (exact) mass is 248 g/mol. The molecule has 0 saturated carbocycles. The highest BCUT2D eigenvalue weighted by Gasteiger charge is 2.12. The summed E-state index contributed by atoms with van der Waals surface area (Å²) in [6.45, 7) is 1.65. The zero-order valence-electron chi connectivity index (χ0n) is 7.14. The molecule has 0 radical (unpaired) electrons. The number of hydrogen-bond donors (Lipinski definition) is 2. The number of phenolic OH excluding ortho intramolecular Hbond substituents is 1. The molecule has 13 heavy (non-hydrogen) atoms. The molecule has 72 valence electrons. The summed E-state index contributed by atoms with van der Waals surface area (Å²) < 4.78 is 13.6. The smallest absolute Gasteiger partial charge is 0.166 e. The Hall–Kier alpha value is -0.610. The van der Waals surface area contributed by atoms with Gasteiger partial charge in [-0.1, -0.05) is 15.9 Å². The highest BCUT2D eigenvalue weighted by molar-refractivity contribution is 9.10. The number of aliphatic hydroxyl groups is 1. The van der Waals surface area contributed by atoms with E-state index in [0.717, 1.165) is 5.56 Å². The van der Waals surface area contributed by atoms with E-state index in [1.165, 1.54) is 6.07 Å². The number of hydrogen-bond acceptors (Lipinski definition) is 2. The second-order valence-electron chi connectivity index (χ2n) is 2.77. The van der Waals surface area contributed by atoms with Gasteiger partial charge in [-0.05, 0) is 25.0 Å². The second kappa shape index (κ2) is 4.07. The summed E-state index contributed by atoms with van der Waals surface area (Å²) in [5.41, 5.74) is 1.21. The third kappa shape index (κ3) is 2.00. The van der Waals surface area contributed by atoms with Crippen LogP contribution in [0.3, 0.4) is 0 Å². The number of rotatable bonds is 2. The number of aromatic hydroxyl groups is 1. The Morgan fingerprint density at radius 3 is 2.69 bits per heavy atom. The number of halogens is 2. The summed E-state index contributed by atoms with van der Waals surface area (Å²) in [6, 6.07) is 1.21. The van der Waals surface area contributed by atoms with E-state index in [9.17, 15) is 9.50 Å². The molecule has 0 aliphatic carbocycles.